The number of amides is 1. The van der Waals surface area contributed by atoms with Gasteiger partial charge in [-0.15, -0.1) is 11.3 Å². The molecule has 3 aromatic rings. The van der Waals surface area contributed by atoms with Crippen molar-refractivity contribution in [3.63, 3.8) is 0 Å². The Kier molecular flexibility index (Phi) is 7.46. The van der Waals surface area contributed by atoms with Gasteiger partial charge in [0.1, 0.15) is 11.5 Å². The molecular formula is C24H28N2O3S. The van der Waals surface area contributed by atoms with Crippen LogP contribution >= 0.6 is 11.3 Å². The van der Waals surface area contributed by atoms with Crippen molar-refractivity contribution in [3.05, 3.63) is 53.4 Å². The van der Waals surface area contributed by atoms with Gasteiger partial charge in [-0.3, -0.25) is 9.69 Å². The first-order valence-corrected chi connectivity index (χ1v) is 11.1. The van der Waals surface area contributed by atoms with Gasteiger partial charge in [0, 0.05) is 16.9 Å². The van der Waals surface area contributed by atoms with Crippen LogP contribution in [-0.4, -0.2) is 24.6 Å². The smallest absolute Gasteiger partial charge is 0.233 e. The van der Waals surface area contributed by atoms with E-state index < -0.39 is 0 Å². The molecule has 0 saturated heterocycles. The summed E-state index contributed by atoms with van der Waals surface area (Å²) in [5, 5.41) is 0.659. The Hall–Kier alpha value is -2.86. The summed E-state index contributed by atoms with van der Waals surface area (Å²) in [5.74, 6) is 1.51. The van der Waals surface area contributed by atoms with Crippen LogP contribution in [-0.2, 0) is 4.79 Å². The fourth-order valence-electron chi connectivity index (χ4n) is 3.20. The van der Waals surface area contributed by atoms with E-state index in [1.165, 1.54) is 11.3 Å². The minimum absolute atomic E-state index is 0.0269. The van der Waals surface area contributed by atoms with Crippen LogP contribution in [0.25, 0.3) is 11.3 Å². The van der Waals surface area contributed by atoms with E-state index in [-0.39, 0.29) is 5.91 Å². The van der Waals surface area contributed by atoms with Crippen LogP contribution in [0, 0.1) is 6.92 Å². The highest BCUT2D eigenvalue weighted by atomic mass is 32.1. The first-order valence-electron chi connectivity index (χ1n) is 10.3. The van der Waals surface area contributed by atoms with Gasteiger partial charge in [0.2, 0.25) is 5.91 Å². The van der Waals surface area contributed by atoms with Crippen molar-refractivity contribution < 1.29 is 14.3 Å². The van der Waals surface area contributed by atoms with Crippen molar-refractivity contribution in [2.24, 2.45) is 0 Å². The molecular weight excluding hydrogens is 396 g/mol. The van der Waals surface area contributed by atoms with Gasteiger partial charge in [0.15, 0.2) is 5.13 Å². The number of rotatable bonds is 9. The summed E-state index contributed by atoms with van der Waals surface area (Å²) in [4.78, 5) is 20.9. The summed E-state index contributed by atoms with van der Waals surface area (Å²) in [6.07, 6.45) is 2.26. The second-order valence-electron chi connectivity index (χ2n) is 6.86. The Morgan fingerprint density at radius 2 is 1.83 bits per heavy atom. The van der Waals surface area contributed by atoms with Crippen molar-refractivity contribution in [1.82, 2.24) is 4.98 Å². The molecule has 30 heavy (non-hydrogen) atoms. The lowest BCUT2D eigenvalue weighted by molar-refractivity contribution is -0.118. The highest BCUT2D eigenvalue weighted by Crippen LogP contribution is 2.40. The van der Waals surface area contributed by atoms with Gasteiger partial charge in [-0.2, -0.15) is 0 Å². The number of hydrogen-bond acceptors (Lipinski definition) is 5. The zero-order valence-electron chi connectivity index (χ0n) is 18.0. The molecule has 0 radical (unpaired) electrons. The molecule has 0 fully saturated rings. The van der Waals surface area contributed by atoms with Gasteiger partial charge in [-0.05, 0) is 56.7 Å². The molecule has 0 unspecified atom stereocenters. The minimum Gasteiger partial charge on any atom is -0.497 e. The number of thiazole rings is 1. The zero-order valence-corrected chi connectivity index (χ0v) is 18.8. The number of unbranched alkanes of at least 4 members (excludes halogenated alkanes) is 1. The molecule has 5 nitrogen and oxygen atoms in total. The summed E-state index contributed by atoms with van der Waals surface area (Å²) in [6, 6.07) is 15.5. The third-order valence-electron chi connectivity index (χ3n) is 4.74. The number of para-hydroxylation sites is 2. The van der Waals surface area contributed by atoms with Gasteiger partial charge in [-0.25, -0.2) is 4.98 Å². The first kappa shape index (κ1) is 21.8. The maximum absolute atomic E-state index is 13.2. The molecule has 0 atom stereocenters. The van der Waals surface area contributed by atoms with Crippen LogP contribution in [0.15, 0.2) is 48.5 Å². The van der Waals surface area contributed by atoms with E-state index in [4.69, 9.17) is 14.5 Å². The quantitative estimate of drug-likeness (QED) is 0.400. The van der Waals surface area contributed by atoms with Crippen LogP contribution in [0.1, 0.15) is 38.0 Å². The third kappa shape index (κ3) is 4.82. The predicted octanol–water partition coefficient (Wildman–Crippen LogP) is 6.38. The molecule has 0 spiro atoms. The molecule has 0 saturated carbocycles. The van der Waals surface area contributed by atoms with Crippen LogP contribution in [0.5, 0.6) is 11.5 Å². The van der Waals surface area contributed by atoms with E-state index >= 15 is 0 Å². The SMILES string of the molecule is CCCCC(=O)N(c1nc(-c2ccc(OC)cc2)c(C)s1)c1ccccc1OCC. The topological polar surface area (TPSA) is 51.7 Å². The van der Waals surface area contributed by atoms with Crippen molar-refractivity contribution in [2.45, 2.75) is 40.0 Å². The molecule has 2 aromatic carbocycles. The lowest BCUT2D eigenvalue weighted by atomic mass is 10.1. The van der Waals surface area contributed by atoms with Crippen molar-refractivity contribution in [1.29, 1.82) is 0 Å². The Labute approximate surface area is 182 Å². The third-order valence-corrected chi connectivity index (χ3v) is 5.70. The maximum atomic E-state index is 13.2. The molecule has 0 aliphatic heterocycles. The normalized spacial score (nSPS) is 10.7. The molecule has 158 valence electrons. The number of benzene rings is 2. The summed E-state index contributed by atoms with van der Waals surface area (Å²) in [5.41, 5.74) is 2.60. The van der Waals surface area contributed by atoms with E-state index in [0.29, 0.717) is 23.9 Å². The molecule has 3 rings (SSSR count). The molecule has 0 aliphatic carbocycles. The average molecular weight is 425 g/mol. The number of methoxy groups -OCH3 is 1. The van der Waals surface area contributed by atoms with Gasteiger partial charge in [-0.1, -0.05) is 25.5 Å². The Balaban J connectivity index is 2.05. The van der Waals surface area contributed by atoms with E-state index in [1.54, 1.807) is 12.0 Å². The number of ether oxygens (including phenoxy) is 2. The van der Waals surface area contributed by atoms with Crippen LogP contribution in [0.2, 0.25) is 0 Å². The number of nitrogens with zero attached hydrogens (tertiary/aromatic N) is 2. The Morgan fingerprint density at radius 1 is 1.10 bits per heavy atom. The lowest BCUT2D eigenvalue weighted by Crippen LogP contribution is -2.26. The largest absolute Gasteiger partial charge is 0.497 e. The minimum atomic E-state index is 0.0269. The van der Waals surface area contributed by atoms with Crippen molar-refractivity contribution in [2.75, 3.05) is 18.6 Å². The van der Waals surface area contributed by atoms with E-state index in [9.17, 15) is 4.79 Å². The standard InChI is InChI=1S/C24H28N2O3S/c1-5-7-12-22(27)26(20-10-8-9-11-21(20)29-6-2)24-25-23(17(3)30-24)18-13-15-19(28-4)16-14-18/h8-11,13-16H,5-7,12H2,1-4H3. The van der Waals surface area contributed by atoms with E-state index in [0.717, 1.165) is 40.4 Å². The van der Waals surface area contributed by atoms with Crippen LogP contribution in [0.4, 0.5) is 10.8 Å². The maximum Gasteiger partial charge on any atom is 0.233 e. The fourth-order valence-corrected chi connectivity index (χ4v) is 4.16. The average Bonchev–Trinajstić information content (AvgIpc) is 3.15. The highest BCUT2D eigenvalue weighted by molar-refractivity contribution is 7.16. The summed E-state index contributed by atoms with van der Waals surface area (Å²) < 4.78 is 11.1. The molecule has 0 N–H and O–H groups in total. The van der Waals surface area contributed by atoms with Gasteiger partial charge >= 0.3 is 0 Å². The number of hydrogen-bond donors (Lipinski definition) is 0. The molecule has 0 aliphatic rings. The van der Waals surface area contributed by atoms with Gasteiger partial charge in [0.05, 0.1) is 25.1 Å². The van der Waals surface area contributed by atoms with Crippen LogP contribution < -0.4 is 14.4 Å². The molecule has 1 amide bonds. The monoisotopic (exact) mass is 424 g/mol. The number of aryl methyl sites for hydroxylation is 1. The number of carbonyl (C=O) groups excluding carboxylic acids is 1. The summed E-state index contributed by atoms with van der Waals surface area (Å²) >= 11 is 1.52. The van der Waals surface area contributed by atoms with E-state index in [1.807, 2.05) is 62.4 Å². The number of carbonyl (C=O) groups is 1. The Bertz CT molecular complexity index is 982. The summed E-state index contributed by atoms with van der Waals surface area (Å²) in [6.45, 7) is 6.59. The molecule has 1 heterocycles. The Morgan fingerprint density at radius 3 is 2.50 bits per heavy atom. The van der Waals surface area contributed by atoms with Crippen molar-refractivity contribution in [3.8, 4) is 22.8 Å². The molecule has 6 heteroatoms. The lowest BCUT2D eigenvalue weighted by Gasteiger charge is -2.22. The van der Waals surface area contributed by atoms with Gasteiger partial charge < -0.3 is 9.47 Å². The highest BCUT2D eigenvalue weighted by Gasteiger charge is 2.25. The zero-order chi connectivity index (χ0) is 21.5. The molecule has 0 bridgehead atoms. The first-order chi connectivity index (χ1) is 14.6. The molecule has 1 aromatic heterocycles. The van der Waals surface area contributed by atoms with Crippen LogP contribution in [0.3, 0.4) is 0 Å². The summed E-state index contributed by atoms with van der Waals surface area (Å²) in [7, 11) is 1.65. The van der Waals surface area contributed by atoms with Gasteiger partial charge in [0.25, 0.3) is 0 Å². The number of anilines is 2. The number of aromatic nitrogens is 1. The predicted molar refractivity (Wildman–Crippen MR) is 123 cm³/mol. The van der Waals surface area contributed by atoms with E-state index in [2.05, 4.69) is 6.92 Å². The fraction of sp³-hybridized carbons (Fsp3) is 0.333. The second-order valence-corrected chi connectivity index (χ2v) is 8.04. The second kappa shape index (κ2) is 10.3. The van der Waals surface area contributed by atoms with Crippen molar-refractivity contribution >= 4 is 28.1 Å².